The van der Waals surface area contributed by atoms with Crippen LogP contribution in [-0.2, 0) is 0 Å². The van der Waals surface area contributed by atoms with Gasteiger partial charge >= 0.3 is 0 Å². The molecule has 0 aliphatic carbocycles. The summed E-state index contributed by atoms with van der Waals surface area (Å²) in [5.74, 6) is 4.01. The number of para-hydroxylation sites is 2. The molecule has 3 aromatic rings. The highest BCUT2D eigenvalue weighted by atomic mass is 16.6. The summed E-state index contributed by atoms with van der Waals surface area (Å²) in [5, 5.41) is 0. The van der Waals surface area contributed by atoms with Crippen LogP contribution in [0.5, 0.6) is 34.5 Å². The molecule has 0 fully saturated rings. The van der Waals surface area contributed by atoms with Gasteiger partial charge in [0.1, 0.15) is 17.6 Å². The summed E-state index contributed by atoms with van der Waals surface area (Å²) >= 11 is 0. The maximum Gasteiger partial charge on any atom is 0.161 e. The normalized spacial score (nSPS) is 12.4. The topological polar surface area (TPSA) is 55.4 Å². The molecule has 2 unspecified atom stereocenters. The first-order chi connectivity index (χ1) is 15.1. The molecule has 0 saturated heterocycles. The molecule has 0 bridgehead atoms. The van der Waals surface area contributed by atoms with E-state index >= 15 is 0 Å². The maximum atomic E-state index is 6.36. The quantitative estimate of drug-likeness (QED) is 0.440. The molecule has 0 N–H and O–H groups in total. The first-order valence-corrected chi connectivity index (χ1v) is 9.92. The van der Waals surface area contributed by atoms with Gasteiger partial charge in [0.25, 0.3) is 0 Å². The predicted molar refractivity (Wildman–Crippen MR) is 119 cm³/mol. The summed E-state index contributed by atoms with van der Waals surface area (Å²) in [6.45, 7) is 1.96. The monoisotopic (exact) mass is 424 g/mol. The van der Waals surface area contributed by atoms with Crippen molar-refractivity contribution < 1.29 is 28.4 Å². The van der Waals surface area contributed by atoms with Gasteiger partial charge in [0.2, 0.25) is 0 Å². The van der Waals surface area contributed by atoms with E-state index in [4.69, 9.17) is 28.4 Å². The zero-order valence-electron chi connectivity index (χ0n) is 18.5. The number of benzene rings is 3. The first kappa shape index (κ1) is 22.2. The van der Waals surface area contributed by atoms with Crippen LogP contribution in [0, 0.1) is 0 Å². The van der Waals surface area contributed by atoms with E-state index in [9.17, 15) is 0 Å². The van der Waals surface area contributed by atoms with E-state index in [0.29, 0.717) is 28.7 Å². The van der Waals surface area contributed by atoms with Crippen LogP contribution in [0.1, 0.15) is 18.6 Å². The van der Waals surface area contributed by atoms with Gasteiger partial charge in [-0.2, -0.15) is 0 Å². The highest BCUT2D eigenvalue weighted by Crippen LogP contribution is 2.36. The zero-order valence-corrected chi connectivity index (χ0v) is 18.5. The summed E-state index contributed by atoms with van der Waals surface area (Å²) in [6, 6.07) is 20.7. The molecule has 31 heavy (non-hydrogen) atoms. The first-order valence-electron chi connectivity index (χ1n) is 9.92. The van der Waals surface area contributed by atoms with Crippen LogP contribution in [0.3, 0.4) is 0 Å². The van der Waals surface area contributed by atoms with Crippen LogP contribution in [0.25, 0.3) is 0 Å². The van der Waals surface area contributed by atoms with E-state index in [1.54, 1.807) is 28.4 Å². The Hall–Kier alpha value is -3.54. The van der Waals surface area contributed by atoms with Crippen LogP contribution in [0.4, 0.5) is 0 Å². The van der Waals surface area contributed by atoms with Crippen LogP contribution >= 0.6 is 0 Å². The van der Waals surface area contributed by atoms with E-state index in [1.165, 1.54) is 0 Å². The Morgan fingerprint density at radius 2 is 1.13 bits per heavy atom. The average Bonchev–Trinajstić information content (AvgIpc) is 2.82. The van der Waals surface area contributed by atoms with Gasteiger partial charge in [0, 0.05) is 5.56 Å². The van der Waals surface area contributed by atoms with Gasteiger partial charge in [0.15, 0.2) is 29.1 Å². The lowest BCUT2D eigenvalue weighted by Gasteiger charge is -2.27. The van der Waals surface area contributed by atoms with Crippen molar-refractivity contribution in [1.82, 2.24) is 0 Å². The van der Waals surface area contributed by atoms with Gasteiger partial charge in [-0.1, -0.05) is 18.2 Å². The third kappa shape index (κ3) is 5.34. The van der Waals surface area contributed by atoms with Crippen LogP contribution < -0.4 is 28.4 Å². The third-order valence-electron chi connectivity index (χ3n) is 4.87. The Kier molecular flexibility index (Phi) is 7.49. The number of methoxy groups -OCH3 is 4. The molecule has 0 amide bonds. The van der Waals surface area contributed by atoms with Gasteiger partial charge in [0.05, 0.1) is 28.4 Å². The summed E-state index contributed by atoms with van der Waals surface area (Å²) in [4.78, 5) is 0. The molecule has 3 rings (SSSR count). The summed E-state index contributed by atoms with van der Waals surface area (Å²) in [7, 11) is 6.46. The van der Waals surface area contributed by atoms with Crippen molar-refractivity contribution in [2.45, 2.75) is 19.1 Å². The van der Waals surface area contributed by atoms with Crippen LogP contribution in [-0.4, -0.2) is 34.5 Å². The van der Waals surface area contributed by atoms with Crippen molar-refractivity contribution in [3.63, 3.8) is 0 Å². The SMILES string of the molecule is COc1ccc(OC(c2ccc(OC)c(OC)c2)C(C)Oc2ccccc2OC)cc1. The van der Waals surface area contributed by atoms with Crippen molar-refractivity contribution in [1.29, 1.82) is 0 Å². The summed E-state index contributed by atoms with van der Waals surface area (Å²) < 4.78 is 34.1. The van der Waals surface area contributed by atoms with Gasteiger partial charge in [-0.15, -0.1) is 0 Å². The molecule has 2 atom stereocenters. The highest BCUT2D eigenvalue weighted by Gasteiger charge is 2.26. The lowest BCUT2D eigenvalue weighted by Crippen LogP contribution is -2.27. The van der Waals surface area contributed by atoms with E-state index in [0.717, 1.165) is 11.3 Å². The van der Waals surface area contributed by atoms with Gasteiger partial charge in [-0.05, 0) is 55.5 Å². The standard InChI is InChI=1S/C25H28O6/c1-17(30-23-9-7-6-8-21(23)27-3)25(31-20-13-11-19(26-2)12-14-20)18-10-15-22(28-4)24(16-18)29-5/h6-17,25H,1-5H3. The second kappa shape index (κ2) is 10.5. The summed E-state index contributed by atoms with van der Waals surface area (Å²) in [5.41, 5.74) is 0.885. The Labute approximate surface area is 183 Å². The van der Waals surface area contributed by atoms with E-state index in [2.05, 4.69) is 0 Å². The van der Waals surface area contributed by atoms with Gasteiger partial charge < -0.3 is 28.4 Å². The molecule has 6 heteroatoms. The van der Waals surface area contributed by atoms with E-state index in [-0.39, 0.29) is 6.10 Å². The zero-order chi connectivity index (χ0) is 22.2. The van der Waals surface area contributed by atoms with Crippen molar-refractivity contribution >= 4 is 0 Å². The van der Waals surface area contributed by atoms with Crippen molar-refractivity contribution in [3.8, 4) is 34.5 Å². The van der Waals surface area contributed by atoms with Crippen molar-refractivity contribution in [2.24, 2.45) is 0 Å². The minimum Gasteiger partial charge on any atom is -0.497 e. The summed E-state index contributed by atoms with van der Waals surface area (Å²) in [6.07, 6.45) is -0.783. The fourth-order valence-corrected chi connectivity index (χ4v) is 3.24. The van der Waals surface area contributed by atoms with Crippen LogP contribution in [0.2, 0.25) is 0 Å². The second-order valence-electron chi connectivity index (χ2n) is 6.80. The van der Waals surface area contributed by atoms with Gasteiger partial charge in [-0.3, -0.25) is 0 Å². The predicted octanol–water partition coefficient (Wildman–Crippen LogP) is 5.31. The molecule has 0 aliphatic rings. The Morgan fingerprint density at radius 1 is 0.548 bits per heavy atom. The molecule has 6 nitrogen and oxygen atoms in total. The molecular formula is C25H28O6. The fourth-order valence-electron chi connectivity index (χ4n) is 3.24. The number of hydrogen-bond acceptors (Lipinski definition) is 6. The Balaban J connectivity index is 1.94. The second-order valence-corrected chi connectivity index (χ2v) is 6.80. The highest BCUT2D eigenvalue weighted by molar-refractivity contribution is 5.45. The van der Waals surface area contributed by atoms with Crippen LogP contribution in [0.15, 0.2) is 66.7 Å². The molecule has 0 radical (unpaired) electrons. The molecule has 0 heterocycles. The number of rotatable bonds is 10. The minimum absolute atomic E-state index is 0.350. The Morgan fingerprint density at radius 3 is 1.74 bits per heavy atom. The smallest absolute Gasteiger partial charge is 0.161 e. The van der Waals surface area contributed by atoms with Crippen molar-refractivity contribution in [2.75, 3.05) is 28.4 Å². The third-order valence-corrected chi connectivity index (χ3v) is 4.87. The molecular weight excluding hydrogens is 396 g/mol. The molecule has 164 valence electrons. The van der Waals surface area contributed by atoms with E-state index in [1.807, 2.05) is 73.7 Å². The number of hydrogen-bond donors (Lipinski definition) is 0. The molecule has 0 aromatic heterocycles. The molecule has 0 spiro atoms. The van der Waals surface area contributed by atoms with E-state index < -0.39 is 6.10 Å². The molecule has 0 aliphatic heterocycles. The lowest BCUT2D eigenvalue weighted by atomic mass is 10.0. The lowest BCUT2D eigenvalue weighted by molar-refractivity contribution is 0.0630. The van der Waals surface area contributed by atoms with Crippen molar-refractivity contribution in [3.05, 3.63) is 72.3 Å². The maximum absolute atomic E-state index is 6.36. The largest absolute Gasteiger partial charge is 0.497 e. The van der Waals surface area contributed by atoms with Gasteiger partial charge in [-0.25, -0.2) is 0 Å². The molecule has 0 saturated carbocycles. The molecule has 3 aromatic carbocycles. The fraction of sp³-hybridized carbons (Fsp3) is 0.280. The minimum atomic E-state index is -0.432. The average molecular weight is 424 g/mol. The number of ether oxygens (including phenoxy) is 6. The Bertz CT molecular complexity index is 970.